The number of rotatable bonds is 4. The van der Waals surface area contributed by atoms with Gasteiger partial charge in [-0.05, 0) is 44.8 Å². The highest BCUT2D eigenvalue weighted by Gasteiger charge is 2.33. The number of nitrogens with one attached hydrogen (secondary N) is 1. The minimum atomic E-state index is -4.44. The first-order valence-electron chi connectivity index (χ1n) is 7.23. The van der Waals surface area contributed by atoms with Crippen molar-refractivity contribution in [2.24, 2.45) is 5.92 Å². The molecule has 1 saturated heterocycles. The van der Waals surface area contributed by atoms with Gasteiger partial charge in [-0.3, -0.25) is 0 Å². The van der Waals surface area contributed by atoms with E-state index in [1.165, 1.54) is 19.8 Å². The third-order valence-corrected chi connectivity index (χ3v) is 3.73. The van der Waals surface area contributed by atoms with Crippen molar-refractivity contribution in [2.45, 2.75) is 32.9 Å². The molecule has 1 fully saturated rings. The summed E-state index contributed by atoms with van der Waals surface area (Å²) in [7, 11) is 0. The number of likely N-dealkylation sites (tertiary alicyclic amines) is 1. The SMILES string of the molecule is Cc1cc(C(F)(F)F)nc(NCCN2CCC(C)CC2)n1. The average Bonchev–Trinajstić information content (AvgIpc) is 2.39. The third kappa shape index (κ3) is 4.84. The second-order valence-electron chi connectivity index (χ2n) is 5.67. The molecule has 0 aliphatic carbocycles. The molecule has 0 radical (unpaired) electrons. The minimum Gasteiger partial charge on any atom is -0.353 e. The van der Waals surface area contributed by atoms with E-state index in [1.54, 1.807) is 0 Å². The molecule has 4 nitrogen and oxygen atoms in total. The van der Waals surface area contributed by atoms with Crippen molar-refractivity contribution in [3.05, 3.63) is 17.5 Å². The summed E-state index contributed by atoms with van der Waals surface area (Å²) in [6.45, 7) is 7.22. The summed E-state index contributed by atoms with van der Waals surface area (Å²) in [6.07, 6.45) is -2.08. The van der Waals surface area contributed by atoms with Crippen LogP contribution in [0.4, 0.5) is 19.1 Å². The minimum absolute atomic E-state index is 0.0488. The predicted molar refractivity (Wildman–Crippen MR) is 75.1 cm³/mol. The van der Waals surface area contributed by atoms with Crippen LogP contribution in [0.25, 0.3) is 0 Å². The van der Waals surface area contributed by atoms with Gasteiger partial charge in [0, 0.05) is 18.8 Å². The number of aryl methyl sites for hydroxylation is 1. The highest BCUT2D eigenvalue weighted by molar-refractivity contribution is 5.29. The van der Waals surface area contributed by atoms with E-state index < -0.39 is 11.9 Å². The molecule has 1 aliphatic rings. The van der Waals surface area contributed by atoms with Crippen LogP contribution in [0.5, 0.6) is 0 Å². The van der Waals surface area contributed by atoms with Gasteiger partial charge in [0.2, 0.25) is 5.95 Å². The normalized spacial score (nSPS) is 18.0. The predicted octanol–water partition coefficient (Wildman–Crippen LogP) is 2.95. The van der Waals surface area contributed by atoms with Crippen LogP contribution in [-0.2, 0) is 6.18 Å². The van der Waals surface area contributed by atoms with Crippen LogP contribution in [0.3, 0.4) is 0 Å². The fourth-order valence-corrected chi connectivity index (χ4v) is 2.40. The fourth-order valence-electron chi connectivity index (χ4n) is 2.40. The van der Waals surface area contributed by atoms with E-state index in [1.807, 2.05) is 0 Å². The topological polar surface area (TPSA) is 41.1 Å². The van der Waals surface area contributed by atoms with Crippen LogP contribution in [-0.4, -0.2) is 41.0 Å². The fraction of sp³-hybridized carbons (Fsp3) is 0.714. The Bertz CT molecular complexity index is 468. The molecule has 0 bridgehead atoms. The van der Waals surface area contributed by atoms with Gasteiger partial charge in [0.05, 0.1) is 0 Å². The van der Waals surface area contributed by atoms with Crippen molar-refractivity contribution in [2.75, 3.05) is 31.5 Å². The monoisotopic (exact) mass is 302 g/mol. The summed E-state index contributed by atoms with van der Waals surface area (Å²) in [4.78, 5) is 9.85. The van der Waals surface area contributed by atoms with Gasteiger partial charge in [0.1, 0.15) is 5.69 Å². The molecule has 0 amide bonds. The quantitative estimate of drug-likeness (QED) is 0.928. The van der Waals surface area contributed by atoms with Gasteiger partial charge in [0.25, 0.3) is 0 Å². The molecule has 2 rings (SSSR count). The van der Waals surface area contributed by atoms with E-state index in [-0.39, 0.29) is 5.95 Å². The molecular weight excluding hydrogens is 281 g/mol. The number of aromatic nitrogens is 2. The molecule has 1 aliphatic heterocycles. The second kappa shape index (κ2) is 6.60. The zero-order valence-corrected chi connectivity index (χ0v) is 12.4. The summed E-state index contributed by atoms with van der Waals surface area (Å²) < 4.78 is 38.0. The first-order chi connectivity index (χ1) is 9.84. The average molecular weight is 302 g/mol. The van der Waals surface area contributed by atoms with E-state index in [9.17, 15) is 13.2 Å². The van der Waals surface area contributed by atoms with Crippen LogP contribution < -0.4 is 5.32 Å². The van der Waals surface area contributed by atoms with Crippen LogP contribution in [0.2, 0.25) is 0 Å². The van der Waals surface area contributed by atoms with Crippen molar-refractivity contribution in [1.82, 2.24) is 14.9 Å². The van der Waals surface area contributed by atoms with E-state index in [4.69, 9.17) is 0 Å². The molecule has 0 saturated carbocycles. The van der Waals surface area contributed by atoms with Gasteiger partial charge in [-0.1, -0.05) is 6.92 Å². The van der Waals surface area contributed by atoms with Gasteiger partial charge in [-0.2, -0.15) is 13.2 Å². The van der Waals surface area contributed by atoms with Crippen molar-refractivity contribution in [1.29, 1.82) is 0 Å². The van der Waals surface area contributed by atoms with Gasteiger partial charge < -0.3 is 10.2 Å². The summed E-state index contributed by atoms with van der Waals surface area (Å²) >= 11 is 0. The Kier molecular flexibility index (Phi) is 5.03. The first kappa shape index (κ1) is 16.0. The molecule has 0 unspecified atom stereocenters. The maximum Gasteiger partial charge on any atom is 0.433 e. The van der Waals surface area contributed by atoms with E-state index in [0.717, 1.165) is 31.6 Å². The van der Waals surface area contributed by atoms with Crippen molar-refractivity contribution in [3.63, 3.8) is 0 Å². The molecule has 1 aromatic heterocycles. The zero-order chi connectivity index (χ0) is 15.5. The van der Waals surface area contributed by atoms with Crippen LogP contribution in [0, 0.1) is 12.8 Å². The number of hydrogen-bond acceptors (Lipinski definition) is 4. The number of hydrogen-bond donors (Lipinski definition) is 1. The smallest absolute Gasteiger partial charge is 0.353 e. The zero-order valence-electron chi connectivity index (χ0n) is 12.4. The molecule has 0 aromatic carbocycles. The van der Waals surface area contributed by atoms with Gasteiger partial charge in [-0.25, -0.2) is 9.97 Å². The Morgan fingerprint density at radius 3 is 2.57 bits per heavy atom. The number of anilines is 1. The highest BCUT2D eigenvalue weighted by Crippen LogP contribution is 2.28. The Labute approximate surface area is 122 Å². The lowest BCUT2D eigenvalue weighted by molar-refractivity contribution is -0.141. The lowest BCUT2D eigenvalue weighted by Gasteiger charge is -2.30. The Balaban J connectivity index is 1.87. The van der Waals surface area contributed by atoms with E-state index >= 15 is 0 Å². The number of alkyl halides is 3. The molecule has 0 atom stereocenters. The van der Waals surface area contributed by atoms with Crippen LogP contribution >= 0.6 is 0 Å². The van der Waals surface area contributed by atoms with Gasteiger partial charge >= 0.3 is 6.18 Å². The number of piperidine rings is 1. The Morgan fingerprint density at radius 1 is 1.29 bits per heavy atom. The van der Waals surface area contributed by atoms with E-state index in [2.05, 4.69) is 27.1 Å². The summed E-state index contributed by atoms with van der Waals surface area (Å²) in [5, 5.41) is 2.89. The molecule has 1 N–H and O–H groups in total. The van der Waals surface area contributed by atoms with E-state index in [0.29, 0.717) is 12.2 Å². The Hall–Kier alpha value is -1.37. The maximum atomic E-state index is 12.7. The van der Waals surface area contributed by atoms with Crippen LogP contribution in [0.1, 0.15) is 31.2 Å². The summed E-state index contributed by atoms with van der Waals surface area (Å²) in [6, 6.07) is 0.956. The second-order valence-corrected chi connectivity index (χ2v) is 5.67. The highest BCUT2D eigenvalue weighted by atomic mass is 19.4. The lowest BCUT2D eigenvalue weighted by Crippen LogP contribution is -2.36. The van der Waals surface area contributed by atoms with Crippen molar-refractivity contribution >= 4 is 5.95 Å². The molecule has 21 heavy (non-hydrogen) atoms. The first-order valence-corrected chi connectivity index (χ1v) is 7.23. The van der Waals surface area contributed by atoms with Gasteiger partial charge in [0.15, 0.2) is 0 Å². The number of halogens is 3. The Morgan fingerprint density at radius 2 is 1.95 bits per heavy atom. The van der Waals surface area contributed by atoms with Crippen LogP contribution in [0.15, 0.2) is 6.07 Å². The lowest BCUT2D eigenvalue weighted by atomic mass is 9.99. The summed E-state index contributed by atoms with van der Waals surface area (Å²) in [5.74, 6) is 0.816. The standard InChI is InChI=1S/C14H21F3N4/c1-10-3-6-21(7-4-10)8-5-18-13-19-11(2)9-12(20-13)14(15,16)17/h9-10H,3-8H2,1-2H3,(H,18,19,20). The summed E-state index contributed by atoms with van der Waals surface area (Å²) in [5.41, 5.74) is -0.587. The molecular formula is C14H21F3N4. The molecule has 2 heterocycles. The molecule has 7 heteroatoms. The molecule has 1 aromatic rings. The molecule has 0 spiro atoms. The molecule has 118 valence electrons. The maximum absolute atomic E-state index is 12.7. The third-order valence-electron chi connectivity index (χ3n) is 3.73. The number of nitrogens with zero attached hydrogens (tertiary/aromatic N) is 3. The largest absolute Gasteiger partial charge is 0.433 e. The van der Waals surface area contributed by atoms with Gasteiger partial charge in [-0.15, -0.1) is 0 Å². The van der Waals surface area contributed by atoms with Crippen molar-refractivity contribution in [3.8, 4) is 0 Å². The van der Waals surface area contributed by atoms with Crippen molar-refractivity contribution < 1.29 is 13.2 Å².